The Morgan fingerprint density at radius 3 is 2.50 bits per heavy atom. The number of nitrogens with zero attached hydrogens (tertiary/aromatic N) is 1. The van der Waals surface area contributed by atoms with Crippen LogP contribution in [-0.4, -0.2) is 18.0 Å². The fourth-order valence-corrected chi connectivity index (χ4v) is 2.68. The molecule has 0 bridgehead atoms. The van der Waals surface area contributed by atoms with Gasteiger partial charge in [-0.15, -0.1) is 0 Å². The van der Waals surface area contributed by atoms with Gasteiger partial charge in [0.25, 0.3) is 0 Å². The fraction of sp³-hybridized carbons (Fsp3) is 0.600. The van der Waals surface area contributed by atoms with Crippen LogP contribution in [0, 0.1) is 5.41 Å². The van der Waals surface area contributed by atoms with Crippen LogP contribution in [0.5, 0.6) is 0 Å². The highest BCUT2D eigenvalue weighted by molar-refractivity contribution is 5.20. The highest BCUT2D eigenvalue weighted by Gasteiger charge is 2.28. The summed E-state index contributed by atoms with van der Waals surface area (Å²) in [5.41, 5.74) is 1.89. The lowest BCUT2D eigenvalue weighted by atomic mass is 9.95. The Hall–Kier alpha value is -0.820. The van der Waals surface area contributed by atoms with Gasteiger partial charge in [-0.2, -0.15) is 0 Å². The van der Waals surface area contributed by atoms with Gasteiger partial charge in [0.1, 0.15) is 0 Å². The number of hydrogen-bond donors (Lipinski definition) is 0. The maximum atomic E-state index is 2.65. The molecule has 1 nitrogen and oxygen atoms in total. The molecular weight excluding hydrogens is 194 g/mol. The van der Waals surface area contributed by atoms with Crippen molar-refractivity contribution in [1.29, 1.82) is 0 Å². The van der Waals surface area contributed by atoms with Crippen LogP contribution in [0.4, 0.5) is 0 Å². The molecule has 1 aliphatic heterocycles. The Balaban J connectivity index is 2.10. The van der Waals surface area contributed by atoms with Crippen molar-refractivity contribution in [1.82, 2.24) is 4.90 Å². The van der Waals surface area contributed by atoms with Crippen LogP contribution in [0.2, 0.25) is 0 Å². The van der Waals surface area contributed by atoms with Crippen molar-refractivity contribution in [3.05, 3.63) is 35.9 Å². The molecule has 0 spiro atoms. The summed E-state index contributed by atoms with van der Waals surface area (Å²) >= 11 is 0. The second-order valence-corrected chi connectivity index (χ2v) is 6.10. The lowest BCUT2D eigenvalue weighted by Gasteiger charge is -2.31. The molecule has 1 aromatic carbocycles. The second-order valence-electron chi connectivity index (χ2n) is 6.10. The summed E-state index contributed by atoms with van der Waals surface area (Å²) in [5.74, 6) is 0. The molecule has 0 aliphatic carbocycles. The first-order valence-corrected chi connectivity index (χ1v) is 6.35. The van der Waals surface area contributed by atoms with E-state index in [-0.39, 0.29) is 0 Å². The molecule has 1 aromatic rings. The predicted octanol–water partition coefficient (Wildman–Crippen LogP) is 3.87. The highest BCUT2D eigenvalue weighted by atomic mass is 15.2. The zero-order valence-corrected chi connectivity index (χ0v) is 10.7. The standard InChI is InChI=1S/C15H23N/c1-15(2,3)12-16-11-7-10-14(16)13-8-5-4-6-9-13/h4-6,8-9,14H,7,10-12H2,1-3H3/t14-/m0/s1. The van der Waals surface area contributed by atoms with Crippen molar-refractivity contribution in [2.24, 2.45) is 5.41 Å². The zero-order chi connectivity index (χ0) is 11.6. The van der Waals surface area contributed by atoms with Crippen molar-refractivity contribution in [3.8, 4) is 0 Å². The van der Waals surface area contributed by atoms with Gasteiger partial charge < -0.3 is 0 Å². The molecule has 1 saturated heterocycles. The van der Waals surface area contributed by atoms with E-state index in [0.29, 0.717) is 11.5 Å². The molecule has 0 unspecified atom stereocenters. The van der Waals surface area contributed by atoms with E-state index in [2.05, 4.69) is 56.0 Å². The number of hydrogen-bond acceptors (Lipinski definition) is 1. The average Bonchev–Trinajstić information content (AvgIpc) is 2.64. The molecule has 1 heterocycles. The lowest BCUT2D eigenvalue weighted by Crippen LogP contribution is -2.32. The van der Waals surface area contributed by atoms with E-state index in [4.69, 9.17) is 0 Å². The molecule has 0 aromatic heterocycles. The quantitative estimate of drug-likeness (QED) is 0.727. The summed E-state index contributed by atoms with van der Waals surface area (Å²) in [6.07, 6.45) is 2.66. The smallest absolute Gasteiger partial charge is 0.0348 e. The van der Waals surface area contributed by atoms with Crippen LogP contribution in [-0.2, 0) is 0 Å². The summed E-state index contributed by atoms with van der Waals surface area (Å²) in [7, 11) is 0. The van der Waals surface area contributed by atoms with Crippen LogP contribution < -0.4 is 0 Å². The van der Waals surface area contributed by atoms with E-state index in [1.165, 1.54) is 31.5 Å². The van der Waals surface area contributed by atoms with Crippen molar-refractivity contribution >= 4 is 0 Å². The van der Waals surface area contributed by atoms with Crippen molar-refractivity contribution < 1.29 is 0 Å². The van der Waals surface area contributed by atoms with Gasteiger partial charge in [0.05, 0.1) is 0 Å². The fourth-order valence-electron chi connectivity index (χ4n) is 2.68. The average molecular weight is 217 g/mol. The van der Waals surface area contributed by atoms with Crippen LogP contribution in [0.1, 0.15) is 45.2 Å². The van der Waals surface area contributed by atoms with Gasteiger partial charge in [0.2, 0.25) is 0 Å². The van der Waals surface area contributed by atoms with Crippen LogP contribution in [0.15, 0.2) is 30.3 Å². The first kappa shape index (κ1) is 11.7. The zero-order valence-electron chi connectivity index (χ0n) is 10.7. The third-order valence-corrected chi connectivity index (χ3v) is 3.23. The first-order chi connectivity index (χ1) is 7.56. The Labute approximate surface area is 99.5 Å². The molecule has 2 rings (SSSR count). The van der Waals surface area contributed by atoms with E-state index in [1.807, 2.05) is 0 Å². The molecule has 88 valence electrons. The Morgan fingerprint density at radius 2 is 1.88 bits per heavy atom. The van der Waals surface area contributed by atoms with Crippen LogP contribution in [0.25, 0.3) is 0 Å². The minimum atomic E-state index is 0.400. The SMILES string of the molecule is CC(C)(C)CN1CCC[C@H]1c1ccccc1. The lowest BCUT2D eigenvalue weighted by molar-refractivity contribution is 0.178. The molecule has 1 fully saturated rings. The summed E-state index contributed by atoms with van der Waals surface area (Å²) in [4.78, 5) is 2.65. The molecule has 1 atom stereocenters. The van der Waals surface area contributed by atoms with Crippen molar-refractivity contribution in [3.63, 3.8) is 0 Å². The number of likely N-dealkylation sites (tertiary alicyclic amines) is 1. The third-order valence-electron chi connectivity index (χ3n) is 3.23. The van der Waals surface area contributed by atoms with Crippen LogP contribution >= 0.6 is 0 Å². The number of benzene rings is 1. The molecule has 0 radical (unpaired) electrons. The summed E-state index contributed by atoms with van der Waals surface area (Å²) in [6, 6.07) is 11.6. The molecule has 16 heavy (non-hydrogen) atoms. The Kier molecular flexibility index (Phi) is 3.34. The van der Waals surface area contributed by atoms with Gasteiger partial charge in [-0.3, -0.25) is 4.90 Å². The monoisotopic (exact) mass is 217 g/mol. The molecule has 1 heteroatoms. The first-order valence-electron chi connectivity index (χ1n) is 6.35. The summed E-state index contributed by atoms with van der Waals surface area (Å²) in [6.45, 7) is 9.44. The molecule has 0 amide bonds. The minimum Gasteiger partial charge on any atom is -0.296 e. The van der Waals surface area contributed by atoms with E-state index >= 15 is 0 Å². The van der Waals surface area contributed by atoms with E-state index in [1.54, 1.807) is 0 Å². The van der Waals surface area contributed by atoms with Gasteiger partial charge in [-0.05, 0) is 30.4 Å². The van der Waals surface area contributed by atoms with Crippen LogP contribution in [0.3, 0.4) is 0 Å². The normalized spacial score (nSPS) is 22.6. The van der Waals surface area contributed by atoms with Gasteiger partial charge in [-0.1, -0.05) is 51.1 Å². The summed E-state index contributed by atoms with van der Waals surface area (Å²) < 4.78 is 0. The van der Waals surface area contributed by atoms with E-state index in [9.17, 15) is 0 Å². The van der Waals surface area contributed by atoms with Crippen molar-refractivity contribution in [2.45, 2.75) is 39.7 Å². The van der Waals surface area contributed by atoms with Crippen molar-refractivity contribution in [2.75, 3.05) is 13.1 Å². The van der Waals surface area contributed by atoms with E-state index in [0.717, 1.165) is 0 Å². The van der Waals surface area contributed by atoms with E-state index < -0.39 is 0 Å². The molecule has 1 aliphatic rings. The maximum absolute atomic E-state index is 2.65. The van der Waals surface area contributed by atoms with Gasteiger partial charge >= 0.3 is 0 Å². The summed E-state index contributed by atoms with van der Waals surface area (Å²) in [5, 5.41) is 0. The third kappa shape index (κ3) is 2.85. The predicted molar refractivity (Wildman–Crippen MR) is 69.4 cm³/mol. The number of rotatable bonds is 2. The molecular formula is C15H23N. The molecule has 0 N–H and O–H groups in total. The Morgan fingerprint density at radius 1 is 1.19 bits per heavy atom. The minimum absolute atomic E-state index is 0.400. The largest absolute Gasteiger partial charge is 0.296 e. The van der Waals surface area contributed by atoms with Gasteiger partial charge in [0, 0.05) is 12.6 Å². The second kappa shape index (κ2) is 4.58. The van der Waals surface area contributed by atoms with Gasteiger partial charge in [-0.25, -0.2) is 0 Å². The Bertz CT molecular complexity index is 323. The maximum Gasteiger partial charge on any atom is 0.0348 e. The molecule has 0 saturated carbocycles. The van der Waals surface area contributed by atoms with Gasteiger partial charge in [0.15, 0.2) is 0 Å². The highest BCUT2D eigenvalue weighted by Crippen LogP contribution is 2.34. The topological polar surface area (TPSA) is 3.24 Å².